The van der Waals surface area contributed by atoms with E-state index in [2.05, 4.69) is 9.97 Å². The van der Waals surface area contributed by atoms with E-state index in [9.17, 15) is 0 Å². The van der Waals surface area contributed by atoms with Crippen LogP contribution in [-0.4, -0.2) is 20.4 Å². The Labute approximate surface area is 79.1 Å². The zero-order valence-corrected chi connectivity index (χ0v) is 7.10. The van der Waals surface area contributed by atoms with Gasteiger partial charge in [-0.15, -0.1) is 0 Å². The fraction of sp³-hybridized carbons (Fsp3) is 0. The number of nitrogens with one attached hydrogen (secondary N) is 2. The van der Waals surface area contributed by atoms with Crippen LogP contribution in [-0.2, 0) is 0 Å². The van der Waals surface area contributed by atoms with Crippen molar-refractivity contribution in [2.45, 2.75) is 0 Å². The highest BCUT2D eigenvalue weighted by atomic mass is 16.5. The number of nitrogens with zero attached hydrogens (tertiary/aromatic N) is 2. The maximum absolute atomic E-state index is 8.71. The van der Waals surface area contributed by atoms with Crippen LogP contribution in [0.5, 0.6) is 0 Å². The predicted octanol–water partition coefficient (Wildman–Crippen LogP) is 1.23. The summed E-state index contributed by atoms with van der Waals surface area (Å²) >= 11 is 0. The van der Waals surface area contributed by atoms with Gasteiger partial charge in [0.25, 0.3) is 0 Å². The van der Waals surface area contributed by atoms with Crippen LogP contribution in [0.1, 0.15) is 0 Å². The van der Waals surface area contributed by atoms with E-state index in [-0.39, 0.29) is 11.6 Å². The van der Waals surface area contributed by atoms with Crippen LogP contribution < -0.4 is 11.0 Å². The molecule has 6 nitrogen and oxygen atoms in total. The van der Waals surface area contributed by atoms with E-state index in [1.165, 1.54) is 0 Å². The smallest absolute Gasteiger partial charge is 0.195 e. The van der Waals surface area contributed by atoms with Crippen LogP contribution in [0.25, 0.3) is 11.0 Å². The number of hydrogen-bond donors (Lipinski definition) is 4. The number of aromatic nitrogens is 2. The van der Waals surface area contributed by atoms with Gasteiger partial charge in [0.15, 0.2) is 11.6 Å². The van der Waals surface area contributed by atoms with E-state index in [4.69, 9.17) is 10.4 Å². The molecule has 0 aliphatic heterocycles. The van der Waals surface area contributed by atoms with Gasteiger partial charge < -0.3 is 0 Å². The lowest BCUT2D eigenvalue weighted by Crippen LogP contribution is -2.03. The Hall–Kier alpha value is -1.92. The topological polar surface area (TPSA) is 90.3 Å². The second-order valence-corrected chi connectivity index (χ2v) is 2.63. The molecule has 0 aliphatic rings. The molecular formula is C8H8N4O2. The average molecular weight is 192 g/mol. The van der Waals surface area contributed by atoms with Crippen LogP contribution in [0.15, 0.2) is 24.3 Å². The zero-order chi connectivity index (χ0) is 9.97. The molecule has 0 radical (unpaired) electrons. The fourth-order valence-electron chi connectivity index (χ4n) is 1.16. The van der Waals surface area contributed by atoms with Crippen LogP contribution in [0.4, 0.5) is 11.6 Å². The Morgan fingerprint density at radius 3 is 1.64 bits per heavy atom. The van der Waals surface area contributed by atoms with Gasteiger partial charge in [0, 0.05) is 0 Å². The van der Waals surface area contributed by atoms with Crippen molar-refractivity contribution in [2.75, 3.05) is 11.0 Å². The number of para-hydroxylation sites is 2. The molecule has 0 saturated carbocycles. The van der Waals surface area contributed by atoms with Crippen molar-refractivity contribution in [1.29, 1.82) is 0 Å². The number of rotatable bonds is 2. The molecular weight excluding hydrogens is 184 g/mol. The Kier molecular flexibility index (Phi) is 2.13. The highest BCUT2D eigenvalue weighted by molar-refractivity contribution is 5.79. The largest absolute Gasteiger partial charge is 0.290 e. The summed E-state index contributed by atoms with van der Waals surface area (Å²) < 4.78 is 0. The summed E-state index contributed by atoms with van der Waals surface area (Å²) in [5, 5.41) is 17.4. The molecule has 1 aromatic heterocycles. The van der Waals surface area contributed by atoms with Gasteiger partial charge in [-0.05, 0) is 12.1 Å². The Morgan fingerprint density at radius 1 is 0.857 bits per heavy atom. The zero-order valence-electron chi connectivity index (χ0n) is 7.10. The Bertz CT molecular complexity index is 418. The summed E-state index contributed by atoms with van der Waals surface area (Å²) in [6.45, 7) is 0. The third-order valence-electron chi connectivity index (χ3n) is 1.78. The SMILES string of the molecule is ONc1nc2ccccc2nc1NO. The molecule has 0 bridgehead atoms. The average Bonchev–Trinajstić information content (AvgIpc) is 2.27. The molecule has 1 heterocycles. The van der Waals surface area contributed by atoms with Gasteiger partial charge in [-0.3, -0.25) is 10.4 Å². The lowest BCUT2D eigenvalue weighted by atomic mass is 10.3. The van der Waals surface area contributed by atoms with Gasteiger partial charge in [0.2, 0.25) is 0 Å². The van der Waals surface area contributed by atoms with Crippen molar-refractivity contribution >= 4 is 22.7 Å². The van der Waals surface area contributed by atoms with Crippen LogP contribution >= 0.6 is 0 Å². The first kappa shape index (κ1) is 8.67. The van der Waals surface area contributed by atoms with E-state index < -0.39 is 0 Å². The first-order chi connectivity index (χ1) is 6.85. The van der Waals surface area contributed by atoms with Crippen molar-refractivity contribution < 1.29 is 10.4 Å². The van der Waals surface area contributed by atoms with Crippen LogP contribution in [0.2, 0.25) is 0 Å². The summed E-state index contributed by atoms with van der Waals surface area (Å²) in [6, 6.07) is 7.13. The van der Waals surface area contributed by atoms with Gasteiger partial charge in [-0.25, -0.2) is 20.9 Å². The molecule has 0 amide bonds. The number of anilines is 2. The van der Waals surface area contributed by atoms with Crippen molar-refractivity contribution in [2.24, 2.45) is 0 Å². The molecule has 0 fully saturated rings. The standard InChI is InChI=1S/C8H8N4O2/c13-11-7-8(12-14)10-6-4-2-1-3-5(6)9-7/h1-4,13-14H,(H,9,11)(H,10,12). The molecule has 72 valence electrons. The molecule has 6 heteroatoms. The molecule has 0 atom stereocenters. The van der Waals surface area contributed by atoms with Crippen molar-refractivity contribution in [1.82, 2.24) is 9.97 Å². The molecule has 2 aromatic rings. The monoisotopic (exact) mass is 192 g/mol. The number of benzene rings is 1. The number of fused-ring (bicyclic) bond motifs is 1. The summed E-state index contributed by atoms with van der Waals surface area (Å²) in [5.74, 6) is 0.150. The quantitative estimate of drug-likeness (QED) is 0.535. The third kappa shape index (κ3) is 1.32. The van der Waals surface area contributed by atoms with Crippen molar-refractivity contribution in [3.63, 3.8) is 0 Å². The van der Waals surface area contributed by atoms with Crippen LogP contribution in [0, 0.1) is 0 Å². The maximum atomic E-state index is 8.71. The van der Waals surface area contributed by atoms with E-state index in [1.54, 1.807) is 12.1 Å². The van der Waals surface area contributed by atoms with Gasteiger partial charge in [0.1, 0.15) is 0 Å². The second kappa shape index (κ2) is 3.44. The molecule has 0 spiro atoms. The Balaban J connectivity index is 2.69. The van der Waals surface area contributed by atoms with Gasteiger partial charge in [0.05, 0.1) is 11.0 Å². The van der Waals surface area contributed by atoms with Crippen LogP contribution in [0.3, 0.4) is 0 Å². The van der Waals surface area contributed by atoms with Crippen molar-refractivity contribution in [3.8, 4) is 0 Å². The number of hydrogen-bond acceptors (Lipinski definition) is 6. The molecule has 0 aliphatic carbocycles. The molecule has 2 rings (SSSR count). The first-order valence-electron chi connectivity index (χ1n) is 3.92. The minimum Gasteiger partial charge on any atom is -0.290 e. The molecule has 4 N–H and O–H groups in total. The first-order valence-corrected chi connectivity index (χ1v) is 3.92. The predicted molar refractivity (Wildman–Crippen MR) is 50.4 cm³/mol. The molecule has 0 unspecified atom stereocenters. The molecule has 0 saturated heterocycles. The summed E-state index contributed by atoms with van der Waals surface area (Å²) in [4.78, 5) is 8.04. The molecule has 1 aromatic carbocycles. The summed E-state index contributed by atoms with van der Waals surface area (Å²) in [7, 11) is 0. The maximum Gasteiger partial charge on any atom is 0.195 e. The summed E-state index contributed by atoms with van der Waals surface area (Å²) in [6.07, 6.45) is 0. The lowest BCUT2D eigenvalue weighted by Gasteiger charge is -2.05. The second-order valence-electron chi connectivity index (χ2n) is 2.63. The normalized spacial score (nSPS) is 10.1. The highest BCUT2D eigenvalue weighted by Gasteiger charge is 2.05. The third-order valence-corrected chi connectivity index (χ3v) is 1.78. The minimum absolute atomic E-state index is 0.0752. The van der Waals surface area contributed by atoms with E-state index in [0.29, 0.717) is 11.0 Å². The van der Waals surface area contributed by atoms with E-state index >= 15 is 0 Å². The molecule has 14 heavy (non-hydrogen) atoms. The van der Waals surface area contributed by atoms with E-state index in [0.717, 1.165) is 0 Å². The van der Waals surface area contributed by atoms with E-state index in [1.807, 2.05) is 23.1 Å². The minimum atomic E-state index is 0.0752. The summed E-state index contributed by atoms with van der Waals surface area (Å²) in [5.41, 5.74) is 4.94. The lowest BCUT2D eigenvalue weighted by molar-refractivity contribution is 0.373. The fourth-order valence-corrected chi connectivity index (χ4v) is 1.16. The van der Waals surface area contributed by atoms with Gasteiger partial charge in [-0.1, -0.05) is 12.1 Å². The van der Waals surface area contributed by atoms with Crippen molar-refractivity contribution in [3.05, 3.63) is 24.3 Å². The van der Waals surface area contributed by atoms with Gasteiger partial charge >= 0.3 is 0 Å². The highest BCUT2D eigenvalue weighted by Crippen LogP contribution is 2.19. The Morgan fingerprint density at radius 2 is 1.29 bits per heavy atom. The van der Waals surface area contributed by atoms with Gasteiger partial charge in [-0.2, -0.15) is 0 Å².